The van der Waals surface area contributed by atoms with Gasteiger partial charge in [0.2, 0.25) is 0 Å². The Morgan fingerprint density at radius 3 is 2.88 bits per heavy atom. The maximum atomic E-state index is 5.22. The van der Waals surface area contributed by atoms with E-state index in [9.17, 15) is 0 Å². The van der Waals surface area contributed by atoms with Gasteiger partial charge in [-0.25, -0.2) is 9.67 Å². The summed E-state index contributed by atoms with van der Waals surface area (Å²) < 4.78 is 7.26. The van der Waals surface area contributed by atoms with E-state index in [0.717, 1.165) is 73.4 Å². The first-order valence-corrected chi connectivity index (χ1v) is 9.49. The van der Waals surface area contributed by atoms with Crippen LogP contribution in [-0.2, 0) is 25.8 Å². The second kappa shape index (κ2) is 8.33. The lowest BCUT2D eigenvalue weighted by Crippen LogP contribution is -2.47. The molecule has 3 rings (SSSR count). The van der Waals surface area contributed by atoms with Gasteiger partial charge in [-0.3, -0.25) is 4.99 Å². The van der Waals surface area contributed by atoms with Crippen molar-refractivity contribution in [2.75, 3.05) is 13.1 Å². The highest BCUT2D eigenvalue weighted by Crippen LogP contribution is 2.14. The number of hydrogen-bond donors (Lipinski definition) is 2. The molecule has 0 aromatic carbocycles. The SMILES string of the molecule is CCNC(=NCCc1c(C)noc1C)NC1CCc2nc(CC)nn2C1. The molecule has 0 aliphatic carbocycles. The number of aliphatic imine (C=N–C) groups is 1. The average Bonchev–Trinajstić information content (AvgIpc) is 3.18. The fourth-order valence-electron chi connectivity index (χ4n) is 3.28. The van der Waals surface area contributed by atoms with E-state index in [1.807, 2.05) is 18.5 Å². The van der Waals surface area contributed by atoms with E-state index in [-0.39, 0.29) is 0 Å². The predicted octanol–water partition coefficient (Wildman–Crippen LogP) is 1.56. The summed E-state index contributed by atoms with van der Waals surface area (Å²) in [4.78, 5) is 9.30. The van der Waals surface area contributed by atoms with Crippen molar-refractivity contribution in [2.24, 2.45) is 4.99 Å². The number of nitrogens with zero attached hydrogens (tertiary/aromatic N) is 5. The van der Waals surface area contributed by atoms with E-state index in [2.05, 4.69) is 39.7 Å². The highest BCUT2D eigenvalue weighted by Gasteiger charge is 2.22. The fraction of sp³-hybridized carbons (Fsp3) is 0.667. The van der Waals surface area contributed by atoms with Crippen molar-refractivity contribution in [2.45, 2.75) is 66.0 Å². The molecule has 8 nitrogen and oxygen atoms in total. The minimum Gasteiger partial charge on any atom is -0.361 e. The number of aryl methyl sites for hydroxylation is 4. The molecule has 3 heterocycles. The van der Waals surface area contributed by atoms with E-state index in [0.29, 0.717) is 12.6 Å². The zero-order valence-corrected chi connectivity index (χ0v) is 16.2. The number of aromatic nitrogens is 4. The molecule has 0 saturated heterocycles. The van der Waals surface area contributed by atoms with Crippen molar-refractivity contribution in [3.63, 3.8) is 0 Å². The Morgan fingerprint density at radius 1 is 1.35 bits per heavy atom. The summed E-state index contributed by atoms with van der Waals surface area (Å²) in [5.74, 6) is 3.76. The largest absolute Gasteiger partial charge is 0.361 e. The molecule has 0 bridgehead atoms. The molecule has 1 aliphatic heterocycles. The van der Waals surface area contributed by atoms with Crippen molar-refractivity contribution in [3.05, 3.63) is 28.7 Å². The smallest absolute Gasteiger partial charge is 0.191 e. The molecular formula is C18H29N7O. The molecular weight excluding hydrogens is 330 g/mol. The Bertz CT molecular complexity index is 742. The van der Waals surface area contributed by atoms with Crippen LogP contribution in [0, 0.1) is 13.8 Å². The van der Waals surface area contributed by atoms with Gasteiger partial charge in [0.25, 0.3) is 0 Å². The van der Waals surface area contributed by atoms with Gasteiger partial charge in [0, 0.05) is 37.5 Å². The van der Waals surface area contributed by atoms with Crippen molar-refractivity contribution in [3.8, 4) is 0 Å². The highest BCUT2D eigenvalue weighted by molar-refractivity contribution is 5.80. The van der Waals surface area contributed by atoms with Crippen LogP contribution >= 0.6 is 0 Å². The summed E-state index contributed by atoms with van der Waals surface area (Å²) in [7, 11) is 0. The van der Waals surface area contributed by atoms with Gasteiger partial charge in [-0.05, 0) is 33.6 Å². The number of nitrogens with one attached hydrogen (secondary N) is 2. The molecule has 0 radical (unpaired) electrons. The molecule has 0 fully saturated rings. The van der Waals surface area contributed by atoms with Gasteiger partial charge in [0.1, 0.15) is 11.6 Å². The first-order valence-electron chi connectivity index (χ1n) is 9.49. The van der Waals surface area contributed by atoms with Crippen LogP contribution in [0.25, 0.3) is 0 Å². The Kier molecular flexibility index (Phi) is 5.90. The Morgan fingerprint density at radius 2 is 2.19 bits per heavy atom. The zero-order chi connectivity index (χ0) is 18.5. The van der Waals surface area contributed by atoms with Crippen molar-refractivity contribution in [1.82, 2.24) is 30.6 Å². The molecule has 0 amide bonds. The van der Waals surface area contributed by atoms with E-state index in [4.69, 9.17) is 9.52 Å². The van der Waals surface area contributed by atoms with Crippen molar-refractivity contribution in [1.29, 1.82) is 0 Å². The number of fused-ring (bicyclic) bond motifs is 1. The quantitative estimate of drug-likeness (QED) is 0.600. The topological polar surface area (TPSA) is 93.2 Å². The summed E-state index contributed by atoms with van der Waals surface area (Å²) in [5.41, 5.74) is 2.11. The molecule has 26 heavy (non-hydrogen) atoms. The second-order valence-electron chi connectivity index (χ2n) is 6.67. The van der Waals surface area contributed by atoms with Crippen molar-refractivity contribution >= 4 is 5.96 Å². The zero-order valence-electron chi connectivity index (χ0n) is 16.2. The molecule has 142 valence electrons. The fourth-order valence-corrected chi connectivity index (χ4v) is 3.28. The lowest BCUT2D eigenvalue weighted by atomic mass is 10.1. The average molecular weight is 359 g/mol. The predicted molar refractivity (Wildman–Crippen MR) is 100 cm³/mol. The lowest BCUT2D eigenvalue weighted by molar-refractivity contribution is 0.391. The number of hydrogen-bond acceptors (Lipinski definition) is 5. The van der Waals surface area contributed by atoms with E-state index in [1.54, 1.807) is 0 Å². The molecule has 1 aliphatic rings. The van der Waals surface area contributed by atoms with Crippen LogP contribution in [0.4, 0.5) is 0 Å². The van der Waals surface area contributed by atoms with Crippen LogP contribution in [0.5, 0.6) is 0 Å². The van der Waals surface area contributed by atoms with Gasteiger partial charge in [-0.15, -0.1) is 0 Å². The number of rotatable bonds is 6. The van der Waals surface area contributed by atoms with Crippen LogP contribution in [-0.4, -0.2) is 45.0 Å². The van der Waals surface area contributed by atoms with Crippen LogP contribution in [0.2, 0.25) is 0 Å². The van der Waals surface area contributed by atoms with Gasteiger partial charge < -0.3 is 15.2 Å². The monoisotopic (exact) mass is 359 g/mol. The standard InChI is InChI=1S/C18H29N7O/c1-5-16-22-17-8-7-14(11-25(17)23-16)21-18(19-6-2)20-10-9-15-12(3)24-26-13(15)4/h14H,5-11H2,1-4H3,(H2,19,20,21). The van der Waals surface area contributed by atoms with Crippen molar-refractivity contribution < 1.29 is 4.52 Å². The van der Waals surface area contributed by atoms with Gasteiger partial charge in [0.15, 0.2) is 11.8 Å². The van der Waals surface area contributed by atoms with Gasteiger partial charge in [0.05, 0.1) is 12.2 Å². The minimum absolute atomic E-state index is 0.311. The summed E-state index contributed by atoms with van der Waals surface area (Å²) >= 11 is 0. The molecule has 1 atom stereocenters. The molecule has 2 aromatic heterocycles. The van der Waals surface area contributed by atoms with Crippen LogP contribution in [0.1, 0.15) is 48.9 Å². The highest BCUT2D eigenvalue weighted by atomic mass is 16.5. The lowest BCUT2D eigenvalue weighted by Gasteiger charge is -2.25. The van der Waals surface area contributed by atoms with Crippen LogP contribution in [0.3, 0.4) is 0 Å². The summed E-state index contributed by atoms with van der Waals surface area (Å²) in [6, 6.07) is 0.311. The molecule has 2 aromatic rings. The van der Waals surface area contributed by atoms with Crippen LogP contribution < -0.4 is 10.6 Å². The van der Waals surface area contributed by atoms with E-state index in [1.165, 1.54) is 0 Å². The van der Waals surface area contributed by atoms with Gasteiger partial charge in [-0.1, -0.05) is 12.1 Å². The van der Waals surface area contributed by atoms with E-state index >= 15 is 0 Å². The molecule has 2 N–H and O–H groups in total. The Labute approximate surface area is 154 Å². The molecule has 1 unspecified atom stereocenters. The Hall–Kier alpha value is -2.38. The van der Waals surface area contributed by atoms with Crippen LogP contribution in [0.15, 0.2) is 9.52 Å². The minimum atomic E-state index is 0.311. The first-order chi connectivity index (χ1) is 12.6. The summed E-state index contributed by atoms with van der Waals surface area (Å²) in [6.45, 7) is 10.4. The third-order valence-corrected chi connectivity index (χ3v) is 4.72. The molecule has 8 heteroatoms. The van der Waals surface area contributed by atoms with E-state index < -0.39 is 0 Å². The first kappa shape index (κ1) is 18.4. The number of guanidine groups is 1. The molecule has 0 saturated carbocycles. The van der Waals surface area contributed by atoms with Gasteiger partial charge >= 0.3 is 0 Å². The normalized spacial score (nSPS) is 17.2. The summed E-state index contributed by atoms with van der Waals surface area (Å²) in [6.07, 6.45) is 3.69. The third kappa shape index (κ3) is 4.23. The third-order valence-electron chi connectivity index (χ3n) is 4.72. The Balaban J connectivity index is 1.59. The maximum Gasteiger partial charge on any atom is 0.191 e. The summed E-state index contributed by atoms with van der Waals surface area (Å²) in [5, 5.41) is 15.5. The second-order valence-corrected chi connectivity index (χ2v) is 6.67. The maximum absolute atomic E-state index is 5.22. The molecule has 0 spiro atoms. The van der Waals surface area contributed by atoms with Gasteiger partial charge in [-0.2, -0.15) is 5.10 Å².